The number of thiophene rings is 1. The maximum atomic E-state index is 12.2. The van der Waals surface area contributed by atoms with E-state index in [4.69, 9.17) is 22.1 Å². The normalized spacial score (nSPS) is 16.4. The number of carbonyl (C=O) groups is 3. The van der Waals surface area contributed by atoms with Gasteiger partial charge < -0.3 is 10.5 Å². The summed E-state index contributed by atoms with van der Waals surface area (Å²) in [5.74, 6) is -0.343. The summed E-state index contributed by atoms with van der Waals surface area (Å²) in [6.45, 7) is 0.401. The highest BCUT2D eigenvalue weighted by atomic mass is 35.5. The van der Waals surface area contributed by atoms with E-state index in [1.54, 1.807) is 17.0 Å². The second-order valence-electron chi connectivity index (χ2n) is 6.31. The molecule has 1 aliphatic rings. The van der Waals surface area contributed by atoms with Gasteiger partial charge in [0.15, 0.2) is 5.78 Å². The Labute approximate surface area is 165 Å². The van der Waals surface area contributed by atoms with Crippen molar-refractivity contribution in [3.63, 3.8) is 0 Å². The maximum Gasteiger partial charge on any atom is 0.414 e. The van der Waals surface area contributed by atoms with Gasteiger partial charge >= 0.3 is 6.09 Å². The standard InChI is InChI=1S/C19H19ClN2O4S/c20-17-9-8-16(27-17)15(23)7-6-14-11-22(19(25)26-14)13-4-1-12(2-5-13)3-10-18(21)24/h1-2,4-5,8-9,14H,3,6-7,10-11H2,(H2,21,24). The minimum atomic E-state index is -0.420. The largest absolute Gasteiger partial charge is 0.444 e. The predicted molar refractivity (Wildman–Crippen MR) is 104 cm³/mol. The van der Waals surface area contributed by atoms with Crippen LogP contribution in [0.5, 0.6) is 0 Å². The first-order valence-corrected chi connectivity index (χ1v) is 9.76. The quantitative estimate of drug-likeness (QED) is 0.675. The molecule has 2 N–H and O–H groups in total. The molecule has 142 valence electrons. The van der Waals surface area contributed by atoms with Gasteiger partial charge in [0, 0.05) is 18.5 Å². The first-order valence-electron chi connectivity index (χ1n) is 8.56. The molecule has 2 amide bonds. The number of ketones is 1. The zero-order valence-corrected chi connectivity index (χ0v) is 16.1. The van der Waals surface area contributed by atoms with Crippen LogP contribution in [0.1, 0.15) is 34.5 Å². The number of rotatable bonds is 8. The minimum absolute atomic E-state index is 0.000188. The fraction of sp³-hybridized carbons (Fsp3) is 0.316. The number of hydrogen-bond acceptors (Lipinski definition) is 5. The lowest BCUT2D eigenvalue weighted by Gasteiger charge is -2.13. The summed E-state index contributed by atoms with van der Waals surface area (Å²) in [4.78, 5) is 37.3. The SMILES string of the molecule is NC(=O)CCc1ccc(N2CC(CCC(=O)c3ccc(Cl)s3)OC2=O)cc1. The van der Waals surface area contributed by atoms with E-state index in [9.17, 15) is 14.4 Å². The number of benzene rings is 1. The van der Waals surface area contributed by atoms with Crippen molar-refractivity contribution < 1.29 is 19.1 Å². The predicted octanol–water partition coefficient (Wildman–Crippen LogP) is 3.81. The number of primary amides is 1. The van der Waals surface area contributed by atoms with Crippen LogP contribution in [0.25, 0.3) is 0 Å². The number of nitrogens with zero attached hydrogens (tertiary/aromatic N) is 1. The second-order valence-corrected chi connectivity index (χ2v) is 8.03. The molecule has 0 aliphatic carbocycles. The fourth-order valence-corrected chi connectivity index (χ4v) is 3.88. The molecule has 0 radical (unpaired) electrons. The van der Waals surface area contributed by atoms with Gasteiger partial charge in [0.25, 0.3) is 0 Å². The number of ether oxygens (including phenoxy) is 1. The van der Waals surface area contributed by atoms with Crippen LogP contribution >= 0.6 is 22.9 Å². The van der Waals surface area contributed by atoms with Gasteiger partial charge in [0.2, 0.25) is 5.91 Å². The highest BCUT2D eigenvalue weighted by Gasteiger charge is 2.32. The third kappa shape index (κ3) is 5.08. The smallest absolute Gasteiger partial charge is 0.414 e. The Hall–Kier alpha value is -2.38. The Morgan fingerprint density at radius 3 is 2.56 bits per heavy atom. The maximum absolute atomic E-state index is 12.2. The molecular formula is C19H19ClN2O4S. The number of amides is 2. The molecule has 0 spiro atoms. The van der Waals surface area contributed by atoms with Gasteiger partial charge in [-0.05, 0) is 42.7 Å². The first kappa shape index (κ1) is 19.4. The third-order valence-corrected chi connectivity index (χ3v) is 5.60. The van der Waals surface area contributed by atoms with Crippen LogP contribution in [0.4, 0.5) is 10.5 Å². The van der Waals surface area contributed by atoms with Crippen LogP contribution in [0.3, 0.4) is 0 Å². The first-order chi connectivity index (χ1) is 12.9. The van der Waals surface area contributed by atoms with Crippen molar-refractivity contribution in [1.29, 1.82) is 0 Å². The molecule has 2 aromatic rings. The van der Waals surface area contributed by atoms with Crippen molar-refractivity contribution >= 4 is 46.4 Å². The number of cyclic esters (lactones) is 1. The Balaban J connectivity index is 1.54. The van der Waals surface area contributed by atoms with Crippen LogP contribution in [0, 0.1) is 0 Å². The van der Waals surface area contributed by atoms with Crippen molar-refractivity contribution in [2.75, 3.05) is 11.4 Å². The molecule has 0 bridgehead atoms. The van der Waals surface area contributed by atoms with Crippen LogP contribution in [-0.2, 0) is 16.0 Å². The van der Waals surface area contributed by atoms with E-state index >= 15 is 0 Å². The van der Waals surface area contributed by atoms with E-state index in [0.717, 1.165) is 11.3 Å². The molecule has 27 heavy (non-hydrogen) atoms. The number of Topliss-reactive ketones (excluding diaryl/α,β-unsaturated/α-hetero) is 1. The van der Waals surface area contributed by atoms with Crippen molar-refractivity contribution in [2.24, 2.45) is 5.73 Å². The van der Waals surface area contributed by atoms with Gasteiger partial charge in [-0.1, -0.05) is 23.7 Å². The molecule has 1 aromatic heterocycles. The summed E-state index contributed by atoms with van der Waals surface area (Å²) in [6, 6.07) is 10.8. The van der Waals surface area contributed by atoms with E-state index in [0.29, 0.717) is 35.0 Å². The topological polar surface area (TPSA) is 89.7 Å². The zero-order valence-electron chi connectivity index (χ0n) is 14.5. The molecule has 2 heterocycles. The lowest BCUT2D eigenvalue weighted by atomic mass is 10.1. The van der Waals surface area contributed by atoms with E-state index in [1.165, 1.54) is 11.3 Å². The van der Waals surface area contributed by atoms with E-state index in [-0.39, 0.29) is 24.2 Å². The van der Waals surface area contributed by atoms with E-state index < -0.39 is 6.09 Å². The summed E-state index contributed by atoms with van der Waals surface area (Å²) in [6.07, 6.45) is 0.874. The van der Waals surface area contributed by atoms with Gasteiger partial charge in [-0.2, -0.15) is 0 Å². The lowest BCUT2D eigenvalue weighted by molar-refractivity contribution is -0.117. The second kappa shape index (κ2) is 8.54. The van der Waals surface area contributed by atoms with Gasteiger partial charge in [-0.25, -0.2) is 4.79 Å². The molecule has 1 aromatic carbocycles. The molecule has 6 nitrogen and oxygen atoms in total. The van der Waals surface area contributed by atoms with Gasteiger partial charge in [0.1, 0.15) is 6.10 Å². The molecule has 1 unspecified atom stereocenters. The average molecular weight is 407 g/mol. The zero-order chi connectivity index (χ0) is 19.4. The number of hydrogen-bond donors (Lipinski definition) is 1. The highest BCUT2D eigenvalue weighted by Crippen LogP contribution is 2.26. The number of halogens is 1. The molecular weight excluding hydrogens is 388 g/mol. The molecule has 1 saturated heterocycles. The molecule has 1 atom stereocenters. The van der Waals surface area contributed by atoms with Gasteiger partial charge in [0.05, 0.1) is 15.8 Å². The van der Waals surface area contributed by atoms with E-state index in [2.05, 4.69) is 0 Å². The number of aryl methyl sites for hydroxylation is 1. The molecule has 1 aliphatic heterocycles. The monoisotopic (exact) mass is 406 g/mol. The number of anilines is 1. The Kier molecular flexibility index (Phi) is 6.13. The fourth-order valence-electron chi connectivity index (χ4n) is 2.87. The Morgan fingerprint density at radius 2 is 1.93 bits per heavy atom. The number of nitrogens with two attached hydrogens (primary N) is 1. The van der Waals surface area contributed by atoms with Crippen molar-refractivity contribution in [3.05, 3.63) is 51.2 Å². The number of carbonyl (C=O) groups excluding carboxylic acids is 3. The lowest BCUT2D eigenvalue weighted by Crippen LogP contribution is -2.24. The third-order valence-electron chi connectivity index (χ3n) is 4.32. The summed E-state index contributed by atoms with van der Waals surface area (Å²) in [5.41, 5.74) is 6.85. The van der Waals surface area contributed by atoms with Crippen LogP contribution in [0.2, 0.25) is 4.34 Å². The van der Waals surface area contributed by atoms with Crippen molar-refractivity contribution in [1.82, 2.24) is 0 Å². The van der Waals surface area contributed by atoms with Crippen molar-refractivity contribution in [2.45, 2.75) is 31.8 Å². The minimum Gasteiger partial charge on any atom is -0.444 e. The summed E-state index contributed by atoms with van der Waals surface area (Å²) >= 11 is 7.10. The Bertz CT molecular complexity index is 850. The summed E-state index contributed by atoms with van der Waals surface area (Å²) in [5, 5.41) is 0. The average Bonchev–Trinajstić information content (AvgIpc) is 3.24. The van der Waals surface area contributed by atoms with Crippen LogP contribution in [0.15, 0.2) is 36.4 Å². The summed E-state index contributed by atoms with van der Waals surface area (Å²) in [7, 11) is 0. The van der Waals surface area contributed by atoms with Crippen molar-refractivity contribution in [3.8, 4) is 0 Å². The molecule has 0 saturated carbocycles. The molecule has 3 rings (SSSR count). The van der Waals surface area contributed by atoms with Gasteiger partial charge in [-0.15, -0.1) is 11.3 Å². The van der Waals surface area contributed by atoms with Crippen LogP contribution < -0.4 is 10.6 Å². The Morgan fingerprint density at radius 1 is 1.19 bits per heavy atom. The van der Waals surface area contributed by atoms with Gasteiger partial charge in [-0.3, -0.25) is 14.5 Å². The van der Waals surface area contributed by atoms with Crippen LogP contribution in [-0.4, -0.2) is 30.4 Å². The molecule has 1 fully saturated rings. The molecule has 8 heteroatoms. The highest BCUT2D eigenvalue weighted by molar-refractivity contribution is 7.18. The van der Waals surface area contributed by atoms with E-state index in [1.807, 2.05) is 24.3 Å². The summed E-state index contributed by atoms with van der Waals surface area (Å²) < 4.78 is 5.96.